The van der Waals surface area contributed by atoms with Crippen molar-refractivity contribution in [3.8, 4) is 0 Å². The highest BCUT2D eigenvalue weighted by Crippen LogP contribution is 2.34. The van der Waals surface area contributed by atoms with Crippen LogP contribution in [0.5, 0.6) is 0 Å². The normalized spacial score (nSPS) is 11.1. The van der Waals surface area contributed by atoms with Crippen LogP contribution >= 0.6 is 11.6 Å². The van der Waals surface area contributed by atoms with Crippen LogP contribution in [0.1, 0.15) is 21.5 Å². The van der Waals surface area contributed by atoms with Crippen molar-refractivity contribution in [2.24, 2.45) is 0 Å². The molecule has 3 aromatic rings. The minimum Gasteiger partial charge on any atom is -0.393 e. The number of pyridine rings is 1. The zero-order valence-electron chi connectivity index (χ0n) is 15.4. The Hall–Kier alpha value is -3.60. The Morgan fingerprint density at radius 2 is 1.73 bits per heavy atom. The third-order valence-electron chi connectivity index (χ3n) is 3.90. The number of nitrogens with one attached hydrogen (secondary N) is 3. The van der Waals surface area contributed by atoms with Crippen LogP contribution in [0.4, 0.5) is 36.3 Å². The van der Waals surface area contributed by atoms with Gasteiger partial charge in [0, 0.05) is 11.8 Å². The van der Waals surface area contributed by atoms with E-state index in [1.54, 1.807) is 24.3 Å². The van der Waals surface area contributed by atoms with Crippen molar-refractivity contribution in [1.29, 1.82) is 0 Å². The highest BCUT2D eigenvalue weighted by molar-refractivity contribution is 6.33. The van der Waals surface area contributed by atoms with Crippen LogP contribution in [0.3, 0.4) is 0 Å². The van der Waals surface area contributed by atoms with E-state index in [1.807, 2.05) is 6.92 Å². The Kier molecular flexibility index (Phi) is 5.92. The molecule has 0 spiro atoms. The number of alkyl halides is 3. The molecule has 0 atom stereocenters. The molecule has 1 amide bonds. The van der Waals surface area contributed by atoms with E-state index in [9.17, 15) is 18.0 Å². The van der Waals surface area contributed by atoms with E-state index in [1.165, 1.54) is 0 Å². The first-order valence-corrected chi connectivity index (χ1v) is 8.76. The highest BCUT2D eigenvalue weighted by Gasteiger charge is 2.31. The number of amides is 1. The van der Waals surface area contributed by atoms with Gasteiger partial charge in [0.05, 0.1) is 10.6 Å². The van der Waals surface area contributed by atoms with Crippen molar-refractivity contribution in [3.05, 3.63) is 64.6 Å². The van der Waals surface area contributed by atoms with Gasteiger partial charge in [-0.05, 0) is 25.1 Å². The van der Waals surface area contributed by atoms with Crippen LogP contribution in [-0.2, 0) is 6.18 Å². The fraction of sp³-hybridized carbons (Fsp3) is 0.111. The van der Waals surface area contributed by atoms with Crippen LogP contribution in [0, 0.1) is 6.92 Å². The predicted octanol–water partition coefficient (Wildman–Crippen LogP) is 3.93. The largest absolute Gasteiger partial charge is 0.417 e. The fourth-order valence-electron chi connectivity index (χ4n) is 2.28. The number of hydrogen-bond acceptors (Lipinski definition) is 7. The number of benzene rings is 1. The first-order valence-electron chi connectivity index (χ1n) is 8.38. The number of hydrogen-bond donors (Lipinski definition) is 4. The quantitative estimate of drug-likeness (QED) is 0.446. The second-order valence-electron chi connectivity index (χ2n) is 6.11. The van der Waals surface area contributed by atoms with Gasteiger partial charge in [0.1, 0.15) is 17.8 Å². The average molecular weight is 438 g/mol. The Labute approximate surface area is 173 Å². The van der Waals surface area contributed by atoms with Crippen LogP contribution in [0.2, 0.25) is 5.02 Å². The van der Waals surface area contributed by atoms with Gasteiger partial charge >= 0.3 is 6.18 Å². The summed E-state index contributed by atoms with van der Waals surface area (Å²) in [6, 6.07) is 7.62. The maximum absolute atomic E-state index is 12.7. The average Bonchev–Trinajstić information content (AvgIpc) is 2.69. The lowest BCUT2D eigenvalue weighted by molar-refractivity contribution is -0.137. The van der Waals surface area contributed by atoms with Gasteiger partial charge in [-0.15, -0.1) is 0 Å². The molecule has 30 heavy (non-hydrogen) atoms. The Balaban J connectivity index is 1.73. The van der Waals surface area contributed by atoms with E-state index in [0.717, 1.165) is 18.0 Å². The van der Waals surface area contributed by atoms with Gasteiger partial charge in [-0.2, -0.15) is 13.2 Å². The second kappa shape index (κ2) is 8.41. The summed E-state index contributed by atoms with van der Waals surface area (Å²) in [6.07, 6.45) is -2.81. The van der Waals surface area contributed by atoms with Gasteiger partial charge < -0.3 is 11.1 Å². The van der Waals surface area contributed by atoms with Gasteiger partial charge in [-0.3, -0.25) is 15.6 Å². The van der Waals surface area contributed by atoms with Crippen LogP contribution in [0.25, 0.3) is 0 Å². The summed E-state index contributed by atoms with van der Waals surface area (Å²) in [5.41, 5.74) is 11.4. The number of anilines is 4. The molecule has 3 rings (SSSR count). The Morgan fingerprint density at radius 3 is 2.37 bits per heavy atom. The monoisotopic (exact) mass is 437 g/mol. The van der Waals surface area contributed by atoms with Crippen molar-refractivity contribution in [2.45, 2.75) is 13.1 Å². The molecule has 0 radical (unpaired) electrons. The summed E-state index contributed by atoms with van der Waals surface area (Å²) in [6.45, 7) is 1.90. The minimum absolute atomic E-state index is 0.0144. The van der Waals surface area contributed by atoms with Crippen molar-refractivity contribution in [1.82, 2.24) is 20.4 Å². The van der Waals surface area contributed by atoms with Crippen molar-refractivity contribution in [3.63, 3.8) is 0 Å². The molecular weight excluding hydrogens is 423 g/mol. The molecule has 0 fully saturated rings. The van der Waals surface area contributed by atoms with Crippen molar-refractivity contribution < 1.29 is 18.0 Å². The van der Waals surface area contributed by atoms with Crippen molar-refractivity contribution >= 4 is 40.6 Å². The maximum atomic E-state index is 12.7. The molecule has 0 aliphatic carbocycles. The lowest BCUT2D eigenvalue weighted by Gasteiger charge is -2.14. The fourth-order valence-corrected chi connectivity index (χ4v) is 2.50. The number of nitrogens with zero attached hydrogens (tertiary/aromatic N) is 3. The van der Waals surface area contributed by atoms with E-state index in [4.69, 9.17) is 17.3 Å². The second-order valence-corrected chi connectivity index (χ2v) is 6.51. The van der Waals surface area contributed by atoms with Gasteiger partial charge in [0.2, 0.25) is 0 Å². The zero-order chi connectivity index (χ0) is 21.9. The highest BCUT2D eigenvalue weighted by atomic mass is 35.5. The Bertz CT molecular complexity index is 1070. The van der Waals surface area contributed by atoms with Gasteiger partial charge in [0.15, 0.2) is 11.6 Å². The zero-order valence-corrected chi connectivity index (χ0v) is 16.1. The smallest absolute Gasteiger partial charge is 0.393 e. The third-order valence-corrected chi connectivity index (χ3v) is 4.19. The van der Waals surface area contributed by atoms with E-state index in [2.05, 4.69) is 31.1 Å². The number of nitrogen functional groups attached to an aromatic ring is 1. The number of halogens is 4. The molecule has 0 saturated carbocycles. The predicted molar refractivity (Wildman–Crippen MR) is 106 cm³/mol. The van der Waals surface area contributed by atoms with Crippen LogP contribution < -0.4 is 21.9 Å². The first-order chi connectivity index (χ1) is 14.1. The SMILES string of the molecule is Cc1ccc(C(=O)NNc2ncnc(Nc3ncc(C(F)(F)F)cc3Cl)c2N)cc1. The summed E-state index contributed by atoms with van der Waals surface area (Å²) in [7, 11) is 0. The van der Waals surface area contributed by atoms with Gasteiger partial charge in [-0.1, -0.05) is 29.3 Å². The van der Waals surface area contributed by atoms with E-state index < -0.39 is 17.6 Å². The van der Waals surface area contributed by atoms with E-state index in [-0.39, 0.29) is 28.2 Å². The molecule has 0 bridgehead atoms. The number of aromatic nitrogens is 3. The lowest BCUT2D eigenvalue weighted by atomic mass is 10.1. The minimum atomic E-state index is -4.57. The number of carbonyl (C=O) groups excluding carboxylic acids is 1. The van der Waals surface area contributed by atoms with E-state index in [0.29, 0.717) is 11.8 Å². The van der Waals surface area contributed by atoms with Gasteiger partial charge in [-0.25, -0.2) is 15.0 Å². The molecule has 5 N–H and O–H groups in total. The summed E-state index contributed by atoms with van der Waals surface area (Å²) in [5, 5.41) is 2.37. The molecule has 0 saturated heterocycles. The van der Waals surface area contributed by atoms with Gasteiger partial charge in [0.25, 0.3) is 5.91 Å². The molecule has 8 nitrogen and oxygen atoms in total. The number of carbonyl (C=O) groups is 1. The van der Waals surface area contributed by atoms with Crippen LogP contribution in [-0.4, -0.2) is 20.9 Å². The number of rotatable bonds is 5. The van der Waals surface area contributed by atoms with E-state index >= 15 is 0 Å². The summed E-state index contributed by atoms with van der Waals surface area (Å²) >= 11 is 5.88. The molecule has 2 aromatic heterocycles. The van der Waals surface area contributed by atoms with Crippen LogP contribution in [0.15, 0.2) is 42.9 Å². The number of nitrogens with two attached hydrogens (primary N) is 1. The molecule has 2 heterocycles. The third kappa shape index (κ3) is 4.87. The molecule has 12 heteroatoms. The maximum Gasteiger partial charge on any atom is 0.417 e. The lowest BCUT2D eigenvalue weighted by Crippen LogP contribution is -2.30. The molecule has 1 aromatic carbocycles. The Morgan fingerprint density at radius 1 is 1.07 bits per heavy atom. The summed E-state index contributed by atoms with van der Waals surface area (Å²) < 4.78 is 38.2. The summed E-state index contributed by atoms with van der Waals surface area (Å²) in [4.78, 5) is 23.7. The number of aryl methyl sites for hydroxylation is 1. The molecule has 0 aliphatic rings. The first kappa shape index (κ1) is 21.1. The molecule has 156 valence electrons. The standard InChI is InChI=1S/C18H15ClF3N7O/c1-9-2-4-10(5-3-9)17(30)29-28-16-13(23)15(25-8-26-16)27-14-12(19)6-11(7-24-14)18(20,21)22/h2-8H,23H2,1H3,(H,29,30)(H2,24,25,26,27,28). The molecular formula is C18H15ClF3N7O. The molecule has 0 aliphatic heterocycles. The molecule has 0 unspecified atom stereocenters. The summed E-state index contributed by atoms with van der Waals surface area (Å²) in [5.74, 6) is -0.401. The van der Waals surface area contributed by atoms with Crippen molar-refractivity contribution in [2.75, 3.05) is 16.5 Å². The number of hydrazine groups is 1. The topological polar surface area (TPSA) is 118 Å².